The molecular weight excluding hydrogens is 340 g/mol. The highest BCUT2D eigenvalue weighted by Crippen LogP contribution is 2.46. The van der Waals surface area contributed by atoms with Gasteiger partial charge in [-0.05, 0) is 25.7 Å². The number of nitro groups is 2. The summed E-state index contributed by atoms with van der Waals surface area (Å²) in [5.74, 6) is -1.04. The van der Waals surface area contributed by atoms with Crippen molar-refractivity contribution >= 4 is 28.9 Å². The molecule has 8 nitrogen and oxygen atoms in total. The van der Waals surface area contributed by atoms with Crippen LogP contribution in [0.2, 0.25) is 5.02 Å². The van der Waals surface area contributed by atoms with Crippen LogP contribution in [0.3, 0.4) is 0 Å². The molecule has 0 atom stereocenters. The molecule has 0 aliphatic heterocycles. The lowest BCUT2D eigenvalue weighted by Crippen LogP contribution is -2.16. The number of carbonyl (C=O) groups excluding carboxylic acids is 1. The first-order chi connectivity index (χ1) is 11.4. The SMILES string of the molecule is CCOC(=O)c1cc([N+](=O)[O-])c(Cl)c([N+](=O)[O-])c1C1CCCCC1. The van der Waals surface area contributed by atoms with Gasteiger partial charge in [0.15, 0.2) is 5.02 Å². The van der Waals surface area contributed by atoms with Gasteiger partial charge in [-0.1, -0.05) is 30.9 Å². The first-order valence-corrected chi connectivity index (χ1v) is 8.08. The molecule has 0 aromatic heterocycles. The number of benzene rings is 1. The fourth-order valence-corrected chi connectivity index (χ4v) is 3.43. The van der Waals surface area contributed by atoms with Crippen LogP contribution in [0, 0.1) is 20.2 Å². The van der Waals surface area contributed by atoms with E-state index in [4.69, 9.17) is 16.3 Å². The van der Waals surface area contributed by atoms with E-state index in [9.17, 15) is 25.0 Å². The number of rotatable bonds is 5. The van der Waals surface area contributed by atoms with Crippen LogP contribution in [0.25, 0.3) is 0 Å². The molecule has 0 spiro atoms. The summed E-state index contributed by atoms with van der Waals surface area (Å²) < 4.78 is 4.94. The number of ether oxygens (including phenoxy) is 1. The van der Waals surface area contributed by atoms with Gasteiger partial charge >= 0.3 is 5.97 Å². The zero-order valence-corrected chi connectivity index (χ0v) is 13.9. The maximum Gasteiger partial charge on any atom is 0.338 e. The van der Waals surface area contributed by atoms with Crippen LogP contribution in [0.4, 0.5) is 11.4 Å². The topological polar surface area (TPSA) is 113 Å². The molecule has 130 valence electrons. The molecule has 1 aromatic rings. The van der Waals surface area contributed by atoms with Gasteiger partial charge in [0.1, 0.15) is 0 Å². The van der Waals surface area contributed by atoms with Crippen molar-refractivity contribution in [2.75, 3.05) is 6.61 Å². The predicted molar refractivity (Wildman–Crippen MR) is 86.5 cm³/mol. The molecule has 0 heterocycles. The van der Waals surface area contributed by atoms with Gasteiger partial charge in [-0.15, -0.1) is 0 Å². The molecule has 2 rings (SSSR count). The van der Waals surface area contributed by atoms with Gasteiger partial charge in [0, 0.05) is 11.6 Å². The van der Waals surface area contributed by atoms with E-state index in [1.165, 1.54) is 0 Å². The van der Waals surface area contributed by atoms with Crippen molar-refractivity contribution in [2.45, 2.75) is 44.9 Å². The second kappa shape index (κ2) is 7.57. The van der Waals surface area contributed by atoms with Gasteiger partial charge in [-0.25, -0.2) is 4.79 Å². The minimum atomic E-state index is -0.831. The Morgan fingerprint density at radius 2 is 1.88 bits per heavy atom. The van der Waals surface area contributed by atoms with E-state index in [1.54, 1.807) is 6.92 Å². The summed E-state index contributed by atoms with van der Waals surface area (Å²) in [5.41, 5.74) is -1.19. The summed E-state index contributed by atoms with van der Waals surface area (Å²) in [5, 5.41) is 22.2. The molecule has 0 amide bonds. The Labute approximate surface area is 143 Å². The average molecular weight is 357 g/mol. The Hall–Kier alpha value is -2.22. The second-order valence-corrected chi connectivity index (χ2v) is 5.97. The van der Waals surface area contributed by atoms with E-state index >= 15 is 0 Å². The first-order valence-electron chi connectivity index (χ1n) is 7.70. The van der Waals surface area contributed by atoms with Crippen LogP contribution in [-0.4, -0.2) is 22.4 Å². The Morgan fingerprint density at radius 1 is 1.25 bits per heavy atom. The van der Waals surface area contributed by atoms with E-state index in [0.29, 0.717) is 12.8 Å². The third-order valence-corrected chi connectivity index (χ3v) is 4.52. The zero-order chi connectivity index (χ0) is 17.9. The number of esters is 1. The molecule has 0 N–H and O–H groups in total. The van der Waals surface area contributed by atoms with E-state index in [0.717, 1.165) is 25.3 Å². The van der Waals surface area contributed by atoms with Gasteiger partial charge in [0.25, 0.3) is 11.4 Å². The summed E-state index contributed by atoms with van der Waals surface area (Å²) in [6.07, 6.45) is 4.10. The first kappa shape index (κ1) is 18.1. The number of nitrogens with zero attached hydrogens (tertiary/aromatic N) is 2. The Kier molecular flexibility index (Phi) is 5.71. The number of carbonyl (C=O) groups is 1. The Balaban J connectivity index is 2.75. The summed E-state index contributed by atoms with van der Waals surface area (Å²) in [6, 6.07) is 0.997. The molecule has 1 fully saturated rings. The van der Waals surface area contributed by atoms with Gasteiger partial charge in [0.2, 0.25) is 0 Å². The van der Waals surface area contributed by atoms with Crippen molar-refractivity contribution < 1.29 is 19.4 Å². The number of hydrogen-bond donors (Lipinski definition) is 0. The van der Waals surface area contributed by atoms with E-state index in [-0.39, 0.29) is 23.7 Å². The number of halogens is 1. The van der Waals surface area contributed by atoms with Crippen LogP contribution in [0.15, 0.2) is 6.07 Å². The smallest absolute Gasteiger partial charge is 0.338 e. The third kappa shape index (κ3) is 3.48. The largest absolute Gasteiger partial charge is 0.462 e. The molecule has 1 aliphatic carbocycles. The lowest BCUT2D eigenvalue weighted by Gasteiger charge is -2.23. The predicted octanol–water partition coefficient (Wildman–Crippen LogP) is 4.38. The highest BCUT2D eigenvalue weighted by molar-refractivity contribution is 6.35. The lowest BCUT2D eigenvalue weighted by molar-refractivity contribution is -0.394. The van der Waals surface area contributed by atoms with Gasteiger partial charge in [0.05, 0.1) is 22.0 Å². The van der Waals surface area contributed by atoms with Crippen LogP contribution in [0.1, 0.15) is 60.9 Å². The molecule has 0 saturated heterocycles. The van der Waals surface area contributed by atoms with Crippen molar-refractivity contribution in [3.8, 4) is 0 Å². The highest BCUT2D eigenvalue weighted by atomic mass is 35.5. The summed E-state index contributed by atoms with van der Waals surface area (Å²) in [6.45, 7) is 1.66. The molecule has 24 heavy (non-hydrogen) atoms. The van der Waals surface area contributed by atoms with Crippen LogP contribution < -0.4 is 0 Å². The maximum atomic E-state index is 12.3. The third-order valence-electron chi connectivity index (χ3n) is 4.15. The van der Waals surface area contributed by atoms with E-state index < -0.39 is 32.2 Å². The molecule has 0 bridgehead atoms. The average Bonchev–Trinajstić information content (AvgIpc) is 2.54. The minimum absolute atomic E-state index is 0.0627. The lowest BCUT2D eigenvalue weighted by atomic mass is 9.81. The Morgan fingerprint density at radius 3 is 2.38 bits per heavy atom. The molecule has 1 aliphatic rings. The summed E-state index contributed by atoms with van der Waals surface area (Å²) in [7, 11) is 0. The Bertz CT molecular complexity index is 685. The highest BCUT2D eigenvalue weighted by Gasteiger charge is 2.37. The molecular formula is C15H17ClN2O6. The van der Waals surface area contributed by atoms with Crippen molar-refractivity contribution in [2.24, 2.45) is 0 Å². The van der Waals surface area contributed by atoms with Gasteiger partial charge in [-0.3, -0.25) is 20.2 Å². The zero-order valence-electron chi connectivity index (χ0n) is 13.1. The van der Waals surface area contributed by atoms with Crippen molar-refractivity contribution in [1.82, 2.24) is 0 Å². The normalized spacial score (nSPS) is 15.1. The standard InChI is InChI=1S/C15H17ClN2O6/c1-2-24-15(19)10-8-11(17(20)21)13(16)14(18(22)23)12(10)9-6-4-3-5-7-9/h8-9H,2-7H2,1H3. The van der Waals surface area contributed by atoms with Crippen molar-refractivity contribution in [1.29, 1.82) is 0 Å². The van der Waals surface area contributed by atoms with Crippen molar-refractivity contribution in [3.63, 3.8) is 0 Å². The van der Waals surface area contributed by atoms with E-state index in [1.807, 2.05) is 0 Å². The minimum Gasteiger partial charge on any atom is -0.462 e. The van der Waals surface area contributed by atoms with Gasteiger partial charge in [-0.2, -0.15) is 0 Å². The van der Waals surface area contributed by atoms with Crippen LogP contribution >= 0.6 is 11.6 Å². The fourth-order valence-electron chi connectivity index (χ4n) is 3.14. The van der Waals surface area contributed by atoms with Crippen LogP contribution in [0.5, 0.6) is 0 Å². The molecule has 0 unspecified atom stereocenters. The molecule has 1 aromatic carbocycles. The summed E-state index contributed by atoms with van der Waals surface area (Å²) >= 11 is 5.94. The summed E-state index contributed by atoms with van der Waals surface area (Å²) in [4.78, 5) is 33.4. The van der Waals surface area contributed by atoms with Crippen LogP contribution in [-0.2, 0) is 4.74 Å². The maximum absolute atomic E-state index is 12.3. The molecule has 0 radical (unpaired) electrons. The van der Waals surface area contributed by atoms with Crippen molar-refractivity contribution in [3.05, 3.63) is 42.4 Å². The van der Waals surface area contributed by atoms with E-state index in [2.05, 4.69) is 0 Å². The van der Waals surface area contributed by atoms with Gasteiger partial charge < -0.3 is 4.74 Å². The molecule has 1 saturated carbocycles. The quantitative estimate of drug-likeness (QED) is 0.439. The second-order valence-electron chi connectivity index (χ2n) is 5.59. The molecule has 9 heteroatoms. The monoisotopic (exact) mass is 356 g/mol. The fraction of sp³-hybridized carbons (Fsp3) is 0.533. The number of nitro benzene ring substituents is 2. The number of hydrogen-bond acceptors (Lipinski definition) is 6.